The molecular formula is C21H33N3O4S. The van der Waals surface area contributed by atoms with Crippen molar-refractivity contribution < 1.29 is 17.9 Å². The number of hydrogen-bond donors (Lipinski definition) is 1. The molecule has 2 saturated heterocycles. The zero-order valence-corrected chi connectivity index (χ0v) is 18.1. The Bertz CT molecular complexity index is 766. The minimum atomic E-state index is -3.64. The van der Waals surface area contributed by atoms with Crippen LogP contribution in [-0.4, -0.2) is 56.3 Å². The van der Waals surface area contributed by atoms with Gasteiger partial charge in [0.25, 0.3) is 10.2 Å². The van der Waals surface area contributed by atoms with Gasteiger partial charge in [-0.15, -0.1) is 0 Å². The van der Waals surface area contributed by atoms with Gasteiger partial charge in [-0.25, -0.2) is 5.14 Å². The van der Waals surface area contributed by atoms with Crippen LogP contribution in [-0.2, 0) is 21.4 Å². The number of amides is 1. The van der Waals surface area contributed by atoms with Crippen molar-refractivity contribution in [1.29, 1.82) is 0 Å². The van der Waals surface area contributed by atoms with E-state index in [-0.39, 0.29) is 11.8 Å². The third-order valence-corrected chi connectivity index (χ3v) is 7.25. The smallest absolute Gasteiger partial charge is 0.276 e. The van der Waals surface area contributed by atoms with Gasteiger partial charge in [0.1, 0.15) is 5.75 Å². The first kappa shape index (κ1) is 22.1. The Morgan fingerprint density at radius 1 is 1.07 bits per heavy atom. The molecular weight excluding hydrogens is 390 g/mol. The van der Waals surface area contributed by atoms with Gasteiger partial charge < -0.3 is 9.64 Å². The summed E-state index contributed by atoms with van der Waals surface area (Å²) in [5, 5.41) is 5.18. The molecule has 8 heteroatoms. The number of aryl methyl sites for hydroxylation is 1. The lowest BCUT2D eigenvalue weighted by Crippen LogP contribution is -2.47. The Kier molecular flexibility index (Phi) is 7.54. The lowest BCUT2D eigenvalue weighted by molar-refractivity contribution is -0.138. The van der Waals surface area contributed by atoms with Crippen LogP contribution in [0.5, 0.6) is 5.75 Å². The lowest BCUT2D eigenvalue weighted by atomic mass is 9.89. The quantitative estimate of drug-likeness (QED) is 0.727. The highest BCUT2D eigenvalue weighted by atomic mass is 32.2. The van der Waals surface area contributed by atoms with Gasteiger partial charge in [-0.3, -0.25) is 4.79 Å². The molecule has 0 aliphatic carbocycles. The molecule has 3 rings (SSSR count). The van der Waals surface area contributed by atoms with E-state index in [1.54, 1.807) is 0 Å². The van der Waals surface area contributed by atoms with Crippen LogP contribution in [0.25, 0.3) is 0 Å². The molecule has 0 radical (unpaired) electrons. The Hall–Kier alpha value is -1.64. The molecule has 0 spiro atoms. The number of rotatable bonds is 7. The molecule has 2 heterocycles. The normalized spacial score (nSPS) is 20.0. The fraction of sp³-hybridized carbons (Fsp3) is 0.667. The number of carbonyl (C=O) groups excluding carboxylic acids is 1. The highest BCUT2D eigenvalue weighted by Crippen LogP contribution is 2.27. The van der Waals surface area contributed by atoms with Crippen LogP contribution in [0.1, 0.15) is 44.6 Å². The molecule has 2 fully saturated rings. The van der Waals surface area contributed by atoms with Crippen LogP contribution in [0.4, 0.5) is 0 Å². The predicted molar refractivity (Wildman–Crippen MR) is 113 cm³/mol. The summed E-state index contributed by atoms with van der Waals surface area (Å²) in [5.74, 6) is 1.67. The van der Waals surface area contributed by atoms with Crippen LogP contribution in [0, 0.1) is 11.8 Å². The molecule has 2 aliphatic rings. The summed E-state index contributed by atoms with van der Waals surface area (Å²) < 4.78 is 29.6. The average molecular weight is 424 g/mol. The fourth-order valence-corrected chi connectivity index (χ4v) is 5.07. The van der Waals surface area contributed by atoms with E-state index in [0.717, 1.165) is 44.5 Å². The van der Waals surface area contributed by atoms with E-state index in [1.807, 2.05) is 24.0 Å². The summed E-state index contributed by atoms with van der Waals surface area (Å²) in [4.78, 5) is 14.8. The Morgan fingerprint density at radius 3 is 2.24 bits per heavy atom. The molecule has 1 aromatic carbocycles. The predicted octanol–water partition coefficient (Wildman–Crippen LogP) is 2.17. The Labute approximate surface area is 174 Å². The van der Waals surface area contributed by atoms with E-state index in [0.29, 0.717) is 38.5 Å². The molecule has 0 saturated carbocycles. The van der Waals surface area contributed by atoms with Gasteiger partial charge in [0.2, 0.25) is 5.91 Å². The van der Waals surface area contributed by atoms with Crippen molar-refractivity contribution in [2.24, 2.45) is 17.0 Å². The molecule has 0 aromatic heterocycles. The molecule has 0 bridgehead atoms. The van der Waals surface area contributed by atoms with Crippen molar-refractivity contribution in [3.8, 4) is 5.75 Å². The first-order chi connectivity index (χ1) is 13.9. The largest absolute Gasteiger partial charge is 0.494 e. The number of piperidine rings is 2. The van der Waals surface area contributed by atoms with Gasteiger partial charge in [0.15, 0.2) is 0 Å². The van der Waals surface area contributed by atoms with Crippen LogP contribution < -0.4 is 9.88 Å². The Morgan fingerprint density at radius 2 is 1.69 bits per heavy atom. The van der Waals surface area contributed by atoms with Crippen LogP contribution in [0.15, 0.2) is 24.3 Å². The highest BCUT2D eigenvalue weighted by Gasteiger charge is 2.33. The van der Waals surface area contributed by atoms with Crippen LogP contribution in [0.2, 0.25) is 0 Å². The SMILES string of the molecule is CCOc1ccc(CCC2CCN(C(=O)C3CCN(S(N)(=O)=O)CC3)CC2)cc1. The minimum absolute atomic E-state index is 0.0756. The first-order valence-corrected chi connectivity index (χ1v) is 12.2. The summed E-state index contributed by atoms with van der Waals surface area (Å²) in [6.45, 7) is 4.96. The summed E-state index contributed by atoms with van der Waals surface area (Å²) in [7, 11) is -3.64. The second kappa shape index (κ2) is 9.91. The molecule has 0 atom stereocenters. The van der Waals surface area contributed by atoms with Crippen LogP contribution >= 0.6 is 0 Å². The monoisotopic (exact) mass is 423 g/mol. The van der Waals surface area contributed by atoms with E-state index in [9.17, 15) is 13.2 Å². The van der Waals surface area contributed by atoms with E-state index in [4.69, 9.17) is 9.88 Å². The van der Waals surface area contributed by atoms with Gasteiger partial charge in [0.05, 0.1) is 6.61 Å². The third-order valence-electron chi connectivity index (χ3n) is 6.16. The van der Waals surface area contributed by atoms with Gasteiger partial charge in [-0.1, -0.05) is 12.1 Å². The van der Waals surface area contributed by atoms with Crippen molar-refractivity contribution in [3.05, 3.63) is 29.8 Å². The minimum Gasteiger partial charge on any atom is -0.494 e. The number of likely N-dealkylation sites (tertiary alicyclic amines) is 1. The highest BCUT2D eigenvalue weighted by molar-refractivity contribution is 7.86. The maximum atomic E-state index is 12.8. The van der Waals surface area contributed by atoms with E-state index in [2.05, 4.69) is 12.1 Å². The Balaban J connectivity index is 1.39. The molecule has 0 unspecified atom stereocenters. The molecule has 162 valence electrons. The molecule has 29 heavy (non-hydrogen) atoms. The maximum absolute atomic E-state index is 12.8. The number of nitrogens with zero attached hydrogens (tertiary/aromatic N) is 2. The molecule has 7 nitrogen and oxygen atoms in total. The molecule has 2 N–H and O–H groups in total. The van der Waals surface area contributed by atoms with Crippen LogP contribution in [0.3, 0.4) is 0 Å². The topological polar surface area (TPSA) is 92.9 Å². The number of benzene rings is 1. The summed E-state index contributed by atoms with van der Waals surface area (Å²) in [6.07, 6.45) is 5.40. The van der Waals surface area contributed by atoms with Gasteiger partial charge in [-0.05, 0) is 69.1 Å². The molecule has 1 aromatic rings. The van der Waals surface area contributed by atoms with Crippen molar-refractivity contribution in [3.63, 3.8) is 0 Å². The van der Waals surface area contributed by atoms with Crippen molar-refractivity contribution >= 4 is 16.1 Å². The number of hydrogen-bond acceptors (Lipinski definition) is 4. The van der Waals surface area contributed by atoms with Crippen molar-refractivity contribution in [2.45, 2.75) is 45.4 Å². The summed E-state index contributed by atoms with van der Waals surface area (Å²) in [5.41, 5.74) is 1.33. The molecule has 1 amide bonds. The zero-order chi connectivity index (χ0) is 20.9. The second-order valence-electron chi connectivity index (χ2n) is 8.10. The van der Waals surface area contributed by atoms with Crippen molar-refractivity contribution in [2.75, 3.05) is 32.8 Å². The van der Waals surface area contributed by atoms with Gasteiger partial charge in [-0.2, -0.15) is 12.7 Å². The summed E-state index contributed by atoms with van der Waals surface area (Å²) >= 11 is 0. The van der Waals surface area contributed by atoms with E-state index >= 15 is 0 Å². The second-order valence-corrected chi connectivity index (χ2v) is 9.65. The van der Waals surface area contributed by atoms with E-state index in [1.165, 1.54) is 9.87 Å². The third kappa shape index (κ3) is 6.17. The number of carbonyl (C=O) groups is 1. The summed E-state index contributed by atoms with van der Waals surface area (Å²) in [6, 6.07) is 8.33. The van der Waals surface area contributed by atoms with Crippen molar-refractivity contribution in [1.82, 2.24) is 9.21 Å². The number of ether oxygens (including phenoxy) is 1. The van der Waals surface area contributed by atoms with E-state index < -0.39 is 10.2 Å². The first-order valence-electron chi connectivity index (χ1n) is 10.6. The van der Waals surface area contributed by atoms with Gasteiger partial charge >= 0.3 is 0 Å². The van der Waals surface area contributed by atoms with Gasteiger partial charge in [0, 0.05) is 32.1 Å². The molecule has 2 aliphatic heterocycles. The zero-order valence-electron chi connectivity index (χ0n) is 17.3. The fourth-order valence-electron chi connectivity index (χ4n) is 4.35. The maximum Gasteiger partial charge on any atom is 0.276 e. The lowest BCUT2D eigenvalue weighted by Gasteiger charge is -2.36. The average Bonchev–Trinajstić information content (AvgIpc) is 2.73. The standard InChI is InChI=1S/C21H33N3O4S/c1-2-28-20-7-5-17(6-8-20)3-4-18-9-13-23(14-10-18)21(25)19-11-15-24(16-12-19)29(22,26)27/h5-8,18-19H,2-4,9-16H2,1H3,(H2,22,26,27). The number of nitrogens with two attached hydrogens (primary N) is 1.